The van der Waals surface area contributed by atoms with Gasteiger partial charge in [0.05, 0.1) is 0 Å². The number of hydrogen-bond donors (Lipinski definition) is 2. The first-order valence-electron chi connectivity index (χ1n) is 4.57. The Morgan fingerprint density at radius 1 is 1.43 bits per heavy atom. The van der Waals surface area contributed by atoms with Crippen LogP contribution < -0.4 is 11.3 Å². The molecule has 3 N–H and O–H groups in total. The largest absolute Gasteiger partial charge is 0.344 e. The van der Waals surface area contributed by atoms with E-state index in [-0.39, 0.29) is 0 Å². The van der Waals surface area contributed by atoms with Gasteiger partial charge in [0.15, 0.2) is 5.11 Å². The average molecular weight is 209 g/mol. The second-order valence-electron chi connectivity index (χ2n) is 2.95. The van der Waals surface area contributed by atoms with Crippen molar-refractivity contribution < 1.29 is 0 Å². The fraction of sp³-hybridized carbons (Fsp3) is 0.300. The quantitative estimate of drug-likeness (QED) is 0.447. The van der Waals surface area contributed by atoms with Crippen molar-refractivity contribution in [2.24, 2.45) is 5.84 Å². The molecule has 76 valence electrons. The summed E-state index contributed by atoms with van der Waals surface area (Å²) in [6.07, 6.45) is 0. The Labute approximate surface area is 89.9 Å². The summed E-state index contributed by atoms with van der Waals surface area (Å²) in [7, 11) is 0. The van der Waals surface area contributed by atoms with Gasteiger partial charge in [-0.15, -0.1) is 0 Å². The van der Waals surface area contributed by atoms with E-state index < -0.39 is 0 Å². The van der Waals surface area contributed by atoms with E-state index in [1.165, 1.54) is 5.56 Å². The minimum absolute atomic E-state index is 0.580. The maximum atomic E-state index is 5.27. The molecule has 0 aliphatic carbocycles. The Balaban J connectivity index is 2.62. The molecule has 14 heavy (non-hydrogen) atoms. The SMILES string of the molecule is CCN(Cc1ccccc1)C(=S)NN. The summed E-state index contributed by atoms with van der Waals surface area (Å²) in [6.45, 7) is 3.69. The van der Waals surface area contributed by atoms with Crippen LogP contribution in [0.2, 0.25) is 0 Å². The number of thiocarbonyl (C=S) groups is 1. The van der Waals surface area contributed by atoms with Gasteiger partial charge in [-0.25, -0.2) is 5.84 Å². The zero-order chi connectivity index (χ0) is 10.4. The zero-order valence-corrected chi connectivity index (χ0v) is 9.05. The summed E-state index contributed by atoms with van der Waals surface area (Å²) in [6, 6.07) is 10.2. The third-order valence-corrected chi connectivity index (χ3v) is 2.38. The van der Waals surface area contributed by atoms with Crippen LogP contribution >= 0.6 is 12.2 Å². The van der Waals surface area contributed by atoms with Gasteiger partial charge in [-0.2, -0.15) is 0 Å². The summed E-state index contributed by atoms with van der Waals surface area (Å²) < 4.78 is 0. The van der Waals surface area contributed by atoms with Crippen molar-refractivity contribution in [3.63, 3.8) is 0 Å². The minimum Gasteiger partial charge on any atom is -0.344 e. The molecule has 0 amide bonds. The Morgan fingerprint density at radius 2 is 2.07 bits per heavy atom. The molecule has 0 saturated heterocycles. The fourth-order valence-electron chi connectivity index (χ4n) is 1.22. The van der Waals surface area contributed by atoms with Crippen molar-refractivity contribution >= 4 is 17.3 Å². The smallest absolute Gasteiger partial charge is 0.183 e. The van der Waals surface area contributed by atoms with E-state index in [1.807, 2.05) is 30.0 Å². The predicted molar refractivity (Wildman–Crippen MR) is 62.4 cm³/mol. The third kappa shape index (κ3) is 2.97. The lowest BCUT2D eigenvalue weighted by atomic mass is 10.2. The van der Waals surface area contributed by atoms with Crippen LogP contribution in [0.5, 0.6) is 0 Å². The number of nitrogens with two attached hydrogens (primary N) is 1. The van der Waals surface area contributed by atoms with Gasteiger partial charge in [0, 0.05) is 13.1 Å². The Kier molecular flexibility index (Phi) is 4.35. The molecular formula is C10H15N3S. The highest BCUT2D eigenvalue weighted by Crippen LogP contribution is 2.03. The zero-order valence-electron chi connectivity index (χ0n) is 8.23. The molecule has 0 fully saturated rings. The molecule has 0 aliphatic rings. The normalized spacial score (nSPS) is 9.57. The number of benzene rings is 1. The van der Waals surface area contributed by atoms with Crippen molar-refractivity contribution in [1.82, 2.24) is 10.3 Å². The molecule has 0 unspecified atom stereocenters. The molecule has 0 bridgehead atoms. The van der Waals surface area contributed by atoms with Crippen molar-refractivity contribution in [3.05, 3.63) is 35.9 Å². The van der Waals surface area contributed by atoms with Gasteiger partial charge in [0.1, 0.15) is 0 Å². The molecule has 0 saturated carbocycles. The van der Waals surface area contributed by atoms with Crippen molar-refractivity contribution in [3.8, 4) is 0 Å². The first-order chi connectivity index (χ1) is 6.77. The van der Waals surface area contributed by atoms with Crippen molar-refractivity contribution in [2.75, 3.05) is 6.54 Å². The highest BCUT2D eigenvalue weighted by atomic mass is 32.1. The number of rotatable bonds is 3. The molecule has 0 spiro atoms. The summed E-state index contributed by atoms with van der Waals surface area (Å²) >= 11 is 5.06. The molecule has 4 heteroatoms. The Bertz CT molecular complexity index is 287. The van der Waals surface area contributed by atoms with E-state index in [9.17, 15) is 0 Å². The Morgan fingerprint density at radius 3 is 2.57 bits per heavy atom. The Hall–Kier alpha value is -1.13. The standard InChI is InChI=1S/C10H15N3S/c1-2-13(10(14)12-11)8-9-6-4-3-5-7-9/h3-7H,2,8,11H2,1H3,(H,12,14). The van der Waals surface area contributed by atoms with Crippen LogP contribution in [0.3, 0.4) is 0 Å². The minimum atomic E-state index is 0.580. The lowest BCUT2D eigenvalue weighted by Crippen LogP contribution is -2.42. The van der Waals surface area contributed by atoms with Gasteiger partial charge in [-0.1, -0.05) is 30.3 Å². The van der Waals surface area contributed by atoms with E-state index in [0.29, 0.717) is 5.11 Å². The first-order valence-corrected chi connectivity index (χ1v) is 4.98. The van der Waals surface area contributed by atoms with Gasteiger partial charge in [-0.05, 0) is 24.7 Å². The molecule has 1 aromatic carbocycles. The number of hydrogen-bond acceptors (Lipinski definition) is 2. The molecule has 0 radical (unpaired) electrons. The first kappa shape index (κ1) is 10.9. The van der Waals surface area contributed by atoms with Crippen LogP contribution in [-0.4, -0.2) is 16.6 Å². The molecule has 0 atom stereocenters. The summed E-state index contributed by atoms with van der Waals surface area (Å²) in [5, 5.41) is 0.580. The van der Waals surface area contributed by atoms with Crippen LogP contribution in [0, 0.1) is 0 Å². The number of hydrazine groups is 1. The summed E-state index contributed by atoms with van der Waals surface area (Å²) in [4.78, 5) is 2.00. The summed E-state index contributed by atoms with van der Waals surface area (Å²) in [5.74, 6) is 5.27. The van der Waals surface area contributed by atoms with Crippen LogP contribution in [0.1, 0.15) is 12.5 Å². The molecule has 0 heterocycles. The van der Waals surface area contributed by atoms with E-state index in [2.05, 4.69) is 17.6 Å². The lowest BCUT2D eigenvalue weighted by molar-refractivity contribution is 0.428. The van der Waals surface area contributed by atoms with Crippen LogP contribution in [-0.2, 0) is 6.54 Å². The van der Waals surface area contributed by atoms with Gasteiger partial charge in [-0.3, -0.25) is 0 Å². The maximum absolute atomic E-state index is 5.27. The van der Waals surface area contributed by atoms with Gasteiger partial charge < -0.3 is 10.3 Å². The summed E-state index contributed by atoms with van der Waals surface area (Å²) in [5.41, 5.74) is 3.72. The maximum Gasteiger partial charge on any atom is 0.183 e. The van der Waals surface area contributed by atoms with E-state index >= 15 is 0 Å². The van der Waals surface area contributed by atoms with Crippen LogP contribution in [0.15, 0.2) is 30.3 Å². The van der Waals surface area contributed by atoms with Gasteiger partial charge >= 0.3 is 0 Å². The van der Waals surface area contributed by atoms with E-state index in [1.54, 1.807) is 0 Å². The predicted octanol–water partition coefficient (Wildman–Crippen LogP) is 1.26. The number of nitrogens with zero attached hydrogens (tertiary/aromatic N) is 1. The molecule has 3 nitrogen and oxygen atoms in total. The van der Waals surface area contributed by atoms with E-state index in [0.717, 1.165) is 13.1 Å². The van der Waals surface area contributed by atoms with Crippen molar-refractivity contribution in [1.29, 1.82) is 0 Å². The second kappa shape index (κ2) is 5.57. The van der Waals surface area contributed by atoms with Crippen molar-refractivity contribution in [2.45, 2.75) is 13.5 Å². The molecule has 0 aliphatic heterocycles. The van der Waals surface area contributed by atoms with Crippen LogP contribution in [0.4, 0.5) is 0 Å². The molecular weight excluding hydrogens is 194 g/mol. The highest BCUT2D eigenvalue weighted by Gasteiger charge is 2.05. The monoisotopic (exact) mass is 209 g/mol. The van der Waals surface area contributed by atoms with Gasteiger partial charge in [0.2, 0.25) is 0 Å². The topological polar surface area (TPSA) is 41.3 Å². The number of nitrogens with one attached hydrogen (secondary N) is 1. The van der Waals surface area contributed by atoms with Gasteiger partial charge in [0.25, 0.3) is 0 Å². The third-order valence-electron chi connectivity index (χ3n) is 2.01. The molecule has 1 rings (SSSR count). The molecule has 0 aromatic heterocycles. The lowest BCUT2D eigenvalue weighted by Gasteiger charge is -2.22. The van der Waals surface area contributed by atoms with E-state index in [4.69, 9.17) is 18.1 Å². The highest BCUT2D eigenvalue weighted by molar-refractivity contribution is 7.80. The molecule has 1 aromatic rings. The van der Waals surface area contributed by atoms with Crippen LogP contribution in [0.25, 0.3) is 0 Å². The average Bonchev–Trinajstić information content (AvgIpc) is 2.26. The second-order valence-corrected chi connectivity index (χ2v) is 3.34. The fourth-order valence-corrected chi connectivity index (χ4v) is 1.42.